The van der Waals surface area contributed by atoms with Gasteiger partial charge in [-0.2, -0.15) is 4.73 Å². The molecule has 7 heteroatoms. The van der Waals surface area contributed by atoms with Crippen LogP contribution in [-0.4, -0.2) is 50.1 Å². The summed E-state index contributed by atoms with van der Waals surface area (Å²) < 4.78 is 6.48. The number of hydrogen-bond acceptors (Lipinski definition) is 6. The van der Waals surface area contributed by atoms with Crippen molar-refractivity contribution in [3.05, 3.63) is 25.3 Å². The highest BCUT2D eigenvalue weighted by Crippen LogP contribution is 2.23. The van der Waals surface area contributed by atoms with Crippen LogP contribution in [0.15, 0.2) is 18.7 Å². The predicted octanol–water partition coefficient (Wildman–Crippen LogP) is -1.06. The van der Waals surface area contributed by atoms with Crippen LogP contribution in [0.1, 0.15) is 13.3 Å². The maximum Gasteiger partial charge on any atom is 0.182 e. The Morgan fingerprint density at radius 1 is 1.67 bits per heavy atom. The number of aliphatic hydroxyl groups is 2. The van der Waals surface area contributed by atoms with E-state index in [4.69, 9.17) is 9.57 Å². The normalized spacial score (nSPS) is 29.2. The molecule has 0 saturated carbocycles. The van der Waals surface area contributed by atoms with Crippen molar-refractivity contribution in [1.29, 1.82) is 0 Å². The summed E-state index contributed by atoms with van der Waals surface area (Å²) >= 11 is 0. The molecular formula is C11H15N2O5. The number of aromatic nitrogens is 2. The fourth-order valence-electron chi connectivity index (χ4n) is 1.78. The average Bonchev–Trinajstić information content (AvgIpc) is 2.90. The molecule has 0 amide bonds. The molecule has 99 valence electrons. The van der Waals surface area contributed by atoms with Crippen molar-refractivity contribution >= 4 is 5.78 Å². The molecule has 0 aliphatic carbocycles. The number of hydrogen-bond donors (Lipinski definition) is 2. The van der Waals surface area contributed by atoms with E-state index in [1.165, 1.54) is 30.8 Å². The van der Waals surface area contributed by atoms with Crippen molar-refractivity contribution in [3.8, 4) is 0 Å². The lowest BCUT2D eigenvalue weighted by Gasteiger charge is -2.21. The van der Waals surface area contributed by atoms with Crippen LogP contribution in [-0.2, 0) is 9.53 Å². The highest BCUT2D eigenvalue weighted by Gasteiger charge is 2.42. The zero-order valence-electron chi connectivity index (χ0n) is 9.84. The monoisotopic (exact) mass is 255 g/mol. The summed E-state index contributed by atoms with van der Waals surface area (Å²) in [5, 5.41) is 19.7. The number of ketones is 1. The molecule has 0 aromatic carbocycles. The number of aliphatic hydroxyl groups excluding tert-OH is 2. The zero-order chi connectivity index (χ0) is 13.1. The summed E-state index contributed by atoms with van der Waals surface area (Å²) in [5.74, 6) is -0.169. The molecule has 1 aliphatic heterocycles. The maximum absolute atomic E-state index is 10.9. The van der Waals surface area contributed by atoms with Crippen molar-refractivity contribution in [3.63, 3.8) is 0 Å². The number of imidazole rings is 1. The molecule has 0 spiro atoms. The molecule has 2 heterocycles. The molecule has 0 bridgehead atoms. The maximum atomic E-state index is 10.9. The molecule has 2 rings (SSSR count). The molecule has 1 unspecified atom stereocenters. The Bertz CT molecular complexity index is 394. The molecular weight excluding hydrogens is 240 g/mol. The van der Waals surface area contributed by atoms with E-state index >= 15 is 0 Å². The minimum atomic E-state index is -1.05. The number of carbonyl (C=O) groups excluding carboxylic acids is 1. The zero-order valence-corrected chi connectivity index (χ0v) is 9.84. The van der Waals surface area contributed by atoms with Gasteiger partial charge in [0.1, 0.15) is 30.9 Å². The number of nitrogens with zero attached hydrogens (tertiary/aromatic N) is 2. The van der Waals surface area contributed by atoms with Crippen molar-refractivity contribution in [2.45, 2.75) is 37.8 Å². The molecule has 1 radical (unpaired) electrons. The number of rotatable bonds is 5. The Balaban J connectivity index is 1.92. The lowest BCUT2D eigenvalue weighted by atomic mass is 10.0. The van der Waals surface area contributed by atoms with Crippen LogP contribution in [0, 0.1) is 6.61 Å². The van der Waals surface area contributed by atoms with Gasteiger partial charge in [-0.15, -0.1) is 0 Å². The standard InChI is InChI=1S/C11H15N2O5/c1-7(14)4-8(15)11-10(16)9(5-17-11)18-13-3-2-12-6-13/h2-3,5-6,8-11,15-16H,4H2,1H3/t8?,9-,10-,11+/m0/s1. The van der Waals surface area contributed by atoms with Crippen LogP contribution in [0.5, 0.6) is 0 Å². The van der Waals surface area contributed by atoms with Gasteiger partial charge in [0.2, 0.25) is 0 Å². The Labute approximate surface area is 104 Å². The second-order valence-corrected chi connectivity index (χ2v) is 4.19. The highest BCUT2D eigenvalue weighted by molar-refractivity contribution is 5.76. The molecule has 1 aromatic heterocycles. The SMILES string of the molecule is CC(=O)CC(O)[C@H]1O[CH][C@H](On2ccnc2)[C@@H]1O. The van der Waals surface area contributed by atoms with E-state index in [0.29, 0.717) is 0 Å². The fourth-order valence-corrected chi connectivity index (χ4v) is 1.78. The van der Waals surface area contributed by atoms with Gasteiger partial charge in [-0.3, -0.25) is 4.79 Å². The third-order valence-corrected chi connectivity index (χ3v) is 2.64. The van der Waals surface area contributed by atoms with E-state index < -0.39 is 24.4 Å². The summed E-state index contributed by atoms with van der Waals surface area (Å²) in [6, 6.07) is 0. The third-order valence-electron chi connectivity index (χ3n) is 2.64. The van der Waals surface area contributed by atoms with Crippen molar-refractivity contribution < 1.29 is 24.6 Å². The number of Topliss-reactive ketones (excluding diaryl/α,β-unsaturated/α-hetero) is 1. The smallest absolute Gasteiger partial charge is 0.182 e. The van der Waals surface area contributed by atoms with E-state index in [9.17, 15) is 15.0 Å². The van der Waals surface area contributed by atoms with Gasteiger partial charge in [0, 0.05) is 12.6 Å². The van der Waals surface area contributed by atoms with Gasteiger partial charge in [0.25, 0.3) is 0 Å². The molecule has 1 saturated heterocycles. The highest BCUT2D eigenvalue weighted by atomic mass is 16.7. The molecule has 18 heavy (non-hydrogen) atoms. The molecule has 1 aliphatic rings. The Morgan fingerprint density at radius 3 is 3.06 bits per heavy atom. The van der Waals surface area contributed by atoms with Gasteiger partial charge in [-0.05, 0) is 6.92 Å². The van der Waals surface area contributed by atoms with E-state index in [1.807, 2.05) is 0 Å². The third kappa shape index (κ3) is 2.87. The molecule has 4 atom stereocenters. The van der Waals surface area contributed by atoms with Crippen LogP contribution in [0.4, 0.5) is 0 Å². The quantitative estimate of drug-likeness (QED) is 0.696. The summed E-state index contributed by atoms with van der Waals surface area (Å²) in [4.78, 5) is 20.0. The van der Waals surface area contributed by atoms with E-state index in [0.717, 1.165) is 0 Å². The van der Waals surface area contributed by atoms with Gasteiger partial charge >= 0.3 is 0 Å². The lowest BCUT2D eigenvalue weighted by molar-refractivity contribution is -0.122. The van der Waals surface area contributed by atoms with Gasteiger partial charge < -0.3 is 19.8 Å². The van der Waals surface area contributed by atoms with Crippen molar-refractivity contribution in [2.75, 3.05) is 0 Å². The summed E-state index contributed by atoms with van der Waals surface area (Å²) in [6.45, 7) is 2.67. The first-order valence-corrected chi connectivity index (χ1v) is 5.57. The van der Waals surface area contributed by atoms with Crippen LogP contribution >= 0.6 is 0 Å². The largest absolute Gasteiger partial charge is 0.404 e. The summed E-state index contributed by atoms with van der Waals surface area (Å²) in [5.41, 5.74) is 0. The van der Waals surface area contributed by atoms with Crippen LogP contribution in [0.2, 0.25) is 0 Å². The minimum Gasteiger partial charge on any atom is -0.404 e. The Kier molecular flexibility index (Phi) is 3.95. The second-order valence-electron chi connectivity index (χ2n) is 4.19. The van der Waals surface area contributed by atoms with Gasteiger partial charge in [-0.25, -0.2) is 4.98 Å². The Hall–Kier alpha value is -1.44. The lowest BCUT2D eigenvalue weighted by Crippen LogP contribution is -2.42. The predicted molar refractivity (Wildman–Crippen MR) is 59.1 cm³/mol. The minimum absolute atomic E-state index is 0.0621. The van der Waals surface area contributed by atoms with Crippen LogP contribution in [0.25, 0.3) is 0 Å². The fraction of sp³-hybridized carbons (Fsp3) is 0.545. The van der Waals surface area contributed by atoms with Gasteiger partial charge in [0.15, 0.2) is 6.10 Å². The van der Waals surface area contributed by atoms with E-state index in [-0.39, 0.29) is 12.2 Å². The van der Waals surface area contributed by atoms with Crippen LogP contribution < -0.4 is 4.84 Å². The molecule has 2 N–H and O–H groups in total. The topological polar surface area (TPSA) is 93.8 Å². The van der Waals surface area contributed by atoms with Gasteiger partial charge in [-0.1, -0.05) is 0 Å². The first-order chi connectivity index (χ1) is 8.58. The summed E-state index contributed by atoms with van der Waals surface area (Å²) in [6.07, 6.45) is 0.803. The van der Waals surface area contributed by atoms with Crippen molar-refractivity contribution in [1.82, 2.24) is 9.71 Å². The van der Waals surface area contributed by atoms with Crippen LogP contribution in [0.3, 0.4) is 0 Å². The first-order valence-electron chi connectivity index (χ1n) is 5.57. The summed E-state index contributed by atoms with van der Waals surface area (Å²) in [7, 11) is 0. The first kappa shape index (κ1) is 13.0. The molecule has 7 nitrogen and oxygen atoms in total. The average molecular weight is 255 g/mol. The Morgan fingerprint density at radius 2 is 2.44 bits per heavy atom. The van der Waals surface area contributed by atoms with Crippen molar-refractivity contribution in [2.24, 2.45) is 0 Å². The molecule has 1 fully saturated rings. The second kappa shape index (κ2) is 5.47. The van der Waals surface area contributed by atoms with E-state index in [1.54, 1.807) is 6.20 Å². The molecule has 1 aromatic rings. The number of carbonyl (C=O) groups is 1. The number of ether oxygens (including phenoxy) is 1. The van der Waals surface area contributed by atoms with Gasteiger partial charge in [0.05, 0.1) is 12.3 Å². The van der Waals surface area contributed by atoms with E-state index in [2.05, 4.69) is 4.98 Å².